The molecule has 0 bridgehead atoms. The molecule has 1 aliphatic rings. The average molecular weight is 298 g/mol. The highest BCUT2D eigenvalue weighted by atomic mass is 19.1. The number of likely N-dealkylation sites (tertiary alicyclic amines) is 1. The minimum Gasteiger partial charge on any atom is -0.394 e. The van der Waals surface area contributed by atoms with E-state index in [4.69, 9.17) is 9.84 Å². The molecule has 6 heteroatoms. The molecule has 118 valence electrons. The van der Waals surface area contributed by atoms with Gasteiger partial charge in [-0.25, -0.2) is 4.39 Å². The number of piperidine rings is 1. The van der Waals surface area contributed by atoms with E-state index in [2.05, 4.69) is 9.88 Å². The molecular weight excluding hydrogens is 275 g/mol. The molecule has 1 aromatic heterocycles. The van der Waals surface area contributed by atoms with Gasteiger partial charge in [0, 0.05) is 19.6 Å². The monoisotopic (exact) mass is 298 g/mol. The smallest absolute Gasteiger partial charge is 0.141 e. The number of aromatic nitrogens is 1. The van der Waals surface area contributed by atoms with Crippen LogP contribution in [0.2, 0.25) is 0 Å². The molecule has 0 aromatic carbocycles. The summed E-state index contributed by atoms with van der Waals surface area (Å²) in [5.41, 5.74) is 0.512. The Morgan fingerprint density at radius 2 is 2.14 bits per heavy atom. The molecular formula is C15H23FN2O3. The van der Waals surface area contributed by atoms with E-state index in [9.17, 15) is 9.50 Å². The predicted octanol–water partition coefficient (Wildman–Crippen LogP) is 1.12. The highest BCUT2D eigenvalue weighted by Gasteiger charge is 2.20. The van der Waals surface area contributed by atoms with Gasteiger partial charge in [-0.05, 0) is 31.4 Å². The maximum Gasteiger partial charge on any atom is 0.141 e. The summed E-state index contributed by atoms with van der Waals surface area (Å²) < 4.78 is 18.3. The van der Waals surface area contributed by atoms with Crippen LogP contribution in [0.15, 0.2) is 18.3 Å². The second-order valence-electron chi connectivity index (χ2n) is 5.34. The molecule has 0 spiro atoms. The molecule has 0 saturated carbocycles. The Kier molecular flexibility index (Phi) is 6.50. The van der Waals surface area contributed by atoms with E-state index in [1.165, 1.54) is 12.1 Å². The van der Waals surface area contributed by atoms with Gasteiger partial charge in [0.15, 0.2) is 0 Å². The normalized spacial score (nSPS) is 18.8. The van der Waals surface area contributed by atoms with Crippen LogP contribution in [0.3, 0.4) is 0 Å². The van der Waals surface area contributed by atoms with E-state index in [0.717, 1.165) is 38.7 Å². The van der Waals surface area contributed by atoms with Gasteiger partial charge in [-0.1, -0.05) is 0 Å². The van der Waals surface area contributed by atoms with Gasteiger partial charge in [-0.2, -0.15) is 0 Å². The van der Waals surface area contributed by atoms with Crippen molar-refractivity contribution in [2.24, 2.45) is 0 Å². The van der Waals surface area contributed by atoms with Crippen molar-refractivity contribution < 1.29 is 19.3 Å². The largest absolute Gasteiger partial charge is 0.394 e. The molecule has 0 aliphatic carbocycles. The lowest BCUT2D eigenvalue weighted by Crippen LogP contribution is -2.38. The quantitative estimate of drug-likeness (QED) is 0.789. The average Bonchev–Trinajstić information content (AvgIpc) is 2.52. The highest BCUT2D eigenvalue weighted by Crippen LogP contribution is 2.18. The summed E-state index contributed by atoms with van der Waals surface area (Å²) in [6.45, 7) is 3.11. The number of pyridine rings is 1. The number of halogens is 1. The summed E-state index contributed by atoms with van der Waals surface area (Å²) in [5, 5.41) is 18.8. The van der Waals surface area contributed by atoms with Crippen LogP contribution in [0, 0.1) is 5.82 Å². The predicted molar refractivity (Wildman–Crippen MR) is 76.3 cm³/mol. The van der Waals surface area contributed by atoms with Gasteiger partial charge in [0.1, 0.15) is 5.82 Å². The summed E-state index contributed by atoms with van der Waals surface area (Å²) in [7, 11) is 0. The summed E-state index contributed by atoms with van der Waals surface area (Å²) in [6, 6.07) is 2.84. The van der Waals surface area contributed by atoms with Gasteiger partial charge < -0.3 is 19.8 Å². The van der Waals surface area contributed by atoms with Crippen LogP contribution in [0.4, 0.5) is 4.39 Å². The number of hydrogen-bond acceptors (Lipinski definition) is 5. The lowest BCUT2D eigenvalue weighted by molar-refractivity contribution is -0.00965. The molecule has 1 aromatic rings. The van der Waals surface area contributed by atoms with Gasteiger partial charge in [-0.3, -0.25) is 4.98 Å². The van der Waals surface area contributed by atoms with Gasteiger partial charge >= 0.3 is 0 Å². The minimum atomic E-state index is -0.658. The van der Waals surface area contributed by atoms with E-state index >= 15 is 0 Å². The molecule has 5 nitrogen and oxygen atoms in total. The number of hydrogen-bond donors (Lipinski definition) is 2. The third-order valence-electron chi connectivity index (χ3n) is 3.79. The van der Waals surface area contributed by atoms with Gasteiger partial charge in [-0.15, -0.1) is 0 Å². The Labute approximate surface area is 124 Å². The molecule has 1 saturated heterocycles. The third-order valence-corrected chi connectivity index (χ3v) is 3.79. The number of rotatable bonds is 7. The second kappa shape index (κ2) is 8.38. The maximum absolute atomic E-state index is 12.8. The fourth-order valence-electron chi connectivity index (χ4n) is 2.56. The van der Waals surface area contributed by atoms with E-state index in [1.807, 2.05) is 0 Å². The lowest BCUT2D eigenvalue weighted by atomic mass is 10.1. The summed E-state index contributed by atoms with van der Waals surface area (Å²) in [4.78, 5) is 6.18. The van der Waals surface area contributed by atoms with Crippen molar-refractivity contribution in [1.29, 1.82) is 0 Å². The molecule has 1 atom stereocenters. The zero-order valence-electron chi connectivity index (χ0n) is 12.1. The van der Waals surface area contributed by atoms with Crippen molar-refractivity contribution in [3.63, 3.8) is 0 Å². The first-order valence-corrected chi connectivity index (χ1v) is 7.43. The first-order chi connectivity index (χ1) is 10.2. The molecule has 2 rings (SSSR count). The van der Waals surface area contributed by atoms with Crippen molar-refractivity contribution in [2.45, 2.75) is 31.5 Å². The van der Waals surface area contributed by atoms with Crippen LogP contribution in [0.25, 0.3) is 0 Å². The summed E-state index contributed by atoms with van der Waals surface area (Å²) >= 11 is 0. The van der Waals surface area contributed by atoms with E-state index in [0.29, 0.717) is 18.7 Å². The van der Waals surface area contributed by atoms with Crippen LogP contribution in [0.1, 0.15) is 31.1 Å². The standard InChI is InChI=1S/C15H23FN2O3/c16-12-1-2-14(17-11-12)15(20)5-8-18-6-3-13(4-7-18)21-10-9-19/h1-2,11,13,15,19-20H,3-10H2. The van der Waals surface area contributed by atoms with Crippen molar-refractivity contribution in [3.8, 4) is 0 Å². The van der Waals surface area contributed by atoms with Gasteiger partial charge in [0.2, 0.25) is 0 Å². The van der Waals surface area contributed by atoms with Crippen molar-refractivity contribution >= 4 is 0 Å². The number of nitrogens with zero attached hydrogens (tertiary/aromatic N) is 2. The van der Waals surface area contributed by atoms with Crippen LogP contribution in [-0.4, -0.2) is 59.0 Å². The molecule has 21 heavy (non-hydrogen) atoms. The topological polar surface area (TPSA) is 65.8 Å². The fourth-order valence-corrected chi connectivity index (χ4v) is 2.56. The highest BCUT2D eigenvalue weighted by molar-refractivity contribution is 5.07. The second-order valence-corrected chi connectivity index (χ2v) is 5.34. The Balaban J connectivity index is 1.68. The molecule has 1 unspecified atom stereocenters. The molecule has 0 radical (unpaired) electrons. The molecule has 0 amide bonds. The van der Waals surface area contributed by atoms with Crippen LogP contribution >= 0.6 is 0 Å². The molecule has 1 fully saturated rings. The van der Waals surface area contributed by atoms with E-state index < -0.39 is 11.9 Å². The Bertz CT molecular complexity index is 408. The van der Waals surface area contributed by atoms with E-state index in [1.54, 1.807) is 0 Å². The van der Waals surface area contributed by atoms with Crippen molar-refractivity contribution in [2.75, 3.05) is 32.8 Å². The summed E-state index contributed by atoms with van der Waals surface area (Å²) in [6.07, 6.45) is 3.19. The Hall–Kier alpha value is -1.08. The number of aliphatic hydroxyl groups excluding tert-OH is 2. The first kappa shape index (κ1) is 16.3. The Morgan fingerprint density at radius 3 is 2.76 bits per heavy atom. The zero-order valence-corrected chi connectivity index (χ0v) is 12.1. The maximum atomic E-state index is 12.8. The zero-order chi connectivity index (χ0) is 15.1. The van der Waals surface area contributed by atoms with Crippen molar-refractivity contribution in [3.05, 3.63) is 29.8 Å². The van der Waals surface area contributed by atoms with Crippen LogP contribution < -0.4 is 0 Å². The van der Waals surface area contributed by atoms with E-state index in [-0.39, 0.29) is 12.7 Å². The molecule has 1 aliphatic heterocycles. The Morgan fingerprint density at radius 1 is 1.38 bits per heavy atom. The number of ether oxygens (including phenoxy) is 1. The molecule has 2 N–H and O–H groups in total. The van der Waals surface area contributed by atoms with Gasteiger partial charge in [0.05, 0.1) is 37.3 Å². The SMILES string of the molecule is OCCOC1CCN(CCC(O)c2ccc(F)cn2)CC1. The fraction of sp³-hybridized carbons (Fsp3) is 0.667. The molecule has 2 heterocycles. The first-order valence-electron chi connectivity index (χ1n) is 7.43. The lowest BCUT2D eigenvalue weighted by Gasteiger charge is -2.32. The number of aliphatic hydroxyl groups is 2. The van der Waals surface area contributed by atoms with Crippen LogP contribution in [0.5, 0.6) is 0 Å². The van der Waals surface area contributed by atoms with Crippen molar-refractivity contribution in [1.82, 2.24) is 9.88 Å². The summed E-state index contributed by atoms with van der Waals surface area (Å²) in [5.74, 6) is -0.393. The van der Waals surface area contributed by atoms with Gasteiger partial charge in [0.25, 0.3) is 0 Å². The third kappa shape index (κ3) is 5.32. The van der Waals surface area contributed by atoms with Crippen LogP contribution in [-0.2, 0) is 4.74 Å². The minimum absolute atomic E-state index is 0.0665.